The second kappa shape index (κ2) is 6.02. The molecule has 1 fully saturated rings. The molecular weight excluding hydrogens is 228 g/mol. The van der Waals surface area contributed by atoms with Crippen molar-refractivity contribution in [2.75, 3.05) is 13.1 Å². The van der Waals surface area contributed by atoms with Crippen LogP contribution in [0.1, 0.15) is 47.0 Å². The van der Waals surface area contributed by atoms with E-state index in [0.717, 1.165) is 19.5 Å². The number of nitrogens with two attached hydrogens (primary N) is 1. The minimum absolute atomic E-state index is 0.330. The minimum atomic E-state index is -1.00. The first-order chi connectivity index (χ1) is 8.24. The lowest BCUT2D eigenvalue weighted by Crippen LogP contribution is -2.48. The van der Waals surface area contributed by atoms with Gasteiger partial charge in [0.15, 0.2) is 0 Å². The number of rotatable bonds is 6. The average molecular weight is 256 g/mol. The molecule has 2 unspecified atom stereocenters. The third-order valence-electron chi connectivity index (χ3n) is 3.67. The van der Waals surface area contributed by atoms with Crippen molar-refractivity contribution < 1.29 is 9.90 Å². The zero-order valence-electron chi connectivity index (χ0n) is 12.1. The first-order valence-corrected chi connectivity index (χ1v) is 7.01. The van der Waals surface area contributed by atoms with Crippen LogP contribution in [0, 0.1) is 11.8 Å². The number of hydrogen-bond donors (Lipinski definition) is 2. The molecule has 4 heteroatoms. The topological polar surface area (TPSA) is 66.6 Å². The van der Waals surface area contributed by atoms with Gasteiger partial charge in [0.25, 0.3) is 0 Å². The van der Waals surface area contributed by atoms with E-state index in [2.05, 4.69) is 32.6 Å². The third-order valence-corrected chi connectivity index (χ3v) is 3.67. The second-order valence-electron chi connectivity index (χ2n) is 6.60. The standard InChI is InChI=1S/C14H28N2O2/c1-10(2)8-16(9-11(3)4)12-5-6-14(15,7-12)13(17)18/h10-12H,5-9,15H2,1-4H3,(H,17,18). The van der Waals surface area contributed by atoms with E-state index in [0.29, 0.717) is 30.7 Å². The Bertz CT molecular complexity index is 282. The molecule has 2 atom stereocenters. The van der Waals surface area contributed by atoms with E-state index in [1.807, 2.05) is 0 Å². The van der Waals surface area contributed by atoms with Crippen LogP contribution in [0.25, 0.3) is 0 Å². The SMILES string of the molecule is CC(C)CN(CC(C)C)C1CCC(N)(C(=O)O)C1. The van der Waals surface area contributed by atoms with Gasteiger partial charge in [0.1, 0.15) is 5.54 Å². The van der Waals surface area contributed by atoms with Crippen LogP contribution >= 0.6 is 0 Å². The van der Waals surface area contributed by atoms with Crippen LogP contribution in [0.2, 0.25) is 0 Å². The summed E-state index contributed by atoms with van der Waals surface area (Å²) in [6.07, 6.45) is 2.09. The number of hydrogen-bond acceptors (Lipinski definition) is 3. The predicted octanol–water partition coefficient (Wildman–Crippen LogP) is 1.93. The fraction of sp³-hybridized carbons (Fsp3) is 0.929. The Morgan fingerprint density at radius 2 is 1.83 bits per heavy atom. The molecule has 0 aromatic carbocycles. The largest absolute Gasteiger partial charge is 0.480 e. The number of carbonyl (C=O) groups is 1. The summed E-state index contributed by atoms with van der Waals surface area (Å²) >= 11 is 0. The quantitative estimate of drug-likeness (QED) is 0.762. The molecule has 0 amide bonds. The Hall–Kier alpha value is -0.610. The molecule has 0 spiro atoms. The number of aliphatic carboxylic acids is 1. The smallest absolute Gasteiger partial charge is 0.323 e. The van der Waals surface area contributed by atoms with Crippen LogP contribution in [-0.2, 0) is 4.79 Å². The number of carboxylic acids is 1. The van der Waals surface area contributed by atoms with Crippen molar-refractivity contribution in [3.8, 4) is 0 Å². The summed E-state index contributed by atoms with van der Waals surface area (Å²) in [7, 11) is 0. The Labute approximate surface area is 111 Å². The minimum Gasteiger partial charge on any atom is -0.480 e. The van der Waals surface area contributed by atoms with Crippen molar-refractivity contribution in [3.63, 3.8) is 0 Å². The van der Waals surface area contributed by atoms with Crippen molar-refractivity contribution in [2.24, 2.45) is 17.6 Å². The molecule has 3 N–H and O–H groups in total. The van der Waals surface area contributed by atoms with Crippen LogP contribution in [0.5, 0.6) is 0 Å². The van der Waals surface area contributed by atoms with E-state index in [1.165, 1.54) is 0 Å². The lowest BCUT2D eigenvalue weighted by Gasteiger charge is -2.32. The Balaban J connectivity index is 2.67. The molecule has 1 aliphatic carbocycles. The summed E-state index contributed by atoms with van der Waals surface area (Å²) in [4.78, 5) is 13.6. The molecule has 18 heavy (non-hydrogen) atoms. The van der Waals surface area contributed by atoms with Crippen LogP contribution < -0.4 is 5.73 Å². The monoisotopic (exact) mass is 256 g/mol. The number of carboxylic acid groups (broad SMARTS) is 1. The molecule has 0 aromatic rings. The molecule has 1 aliphatic rings. The van der Waals surface area contributed by atoms with Crippen molar-refractivity contribution in [3.05, 3.63) is 0 Å². The van der Waals surface area contributed by atoms with Crippen molar-refractivity contribution in [1.82, 2.24) is 4.90 Å². The van der Waals surface area contributed by atoms with Crippen LogP contribution in [0.3, 0.4) is 0 Å². The lowest BCUT2D eigenvalue weighted by molar-refractivity contribution is -0.143. The summed E-state index contributed by atoms with van der Waals surface area (Å²) in [6.45, 7) is 10.9. The van der Waals surface area contributed by atoms with Gasteiger partial charge in [0.2, 0.25) is 0 Å². The van der Waals surface area contributed by atoms with Gasteiger partial charge in [-0.1, -0.05) is 27.7 Å². The van der Waals surface area contributed by atoms with Crippen LogP contribution in [0.4, 0.5) is 0 Å². The third kappa shape index (κ3) is 3.95. The zero-order chi connectivity index (χ0) is 13.9. The second-order valence-corrected chi connectivity index (χ2v) is 6.60. The molecule has 4 nitrogen and oxygen atoms in total. The molecular formula is C14H28N2O2. The summed E-state index contributed by atoms with van der Waals surface area (Å²) in [5.74, 6) is 0.349. The van der Waals surface area contributed by atoms with Gasteiger partial charge in [0, 0.05) is 19.1 Å². The normalized spacial score (nSPS) is 28.6. The van der Waals surface area contributed by atoms with Gasteiger partial charge in [-0.2, -0.15) is 0 Å². The highest BCUT2D eigenvalue weighted by Gasteiger charge is 2.43. The molecule has 0 saturated heterocycles. The highest BCUT2D eigenvalue weighted by atomic mass is 16.4. The first-order valence-electron chi connectivity index (χ1n) is 7.01. The highest BCUT2D eigenvalue weighted by molar-refractivity contribution is 5.79. The Kier molecular flexibility index (Phi) is 5.17. The van der Waals surface area contributed by atoms with Gasteiger partial charge < -0.3 is 10.8 Å². The maximum absolute atomic E-state index is 11.2. The van der Waals surface area contributed by atoms with E-state index < -0.39 is 11.5 Å². The van der Waals surface area contributed by atoms with E-state index in [4.69, 9.17) is 5.73 Å². The molecule has 0 bridgehead atoms. The first kappa shape index (κ1) is 15.4. The summed E-state index contributed by atoms with van der Waals surface area (Å²) in [6, 6.07) is 0.330. The van der Waals surface area contributed by atoms with Crippen molar-refractivity contribution in [1.29, 1.82) is 0 Å². The van der Waals surface area contributed by atoms with Gasteiger partial charge in [-0.25, -0.2) is 0 Å². The summed E-state index contributed by atoms with van der Waals surface area (Å²) in [5.41, 5.74) is 4.96. The maximum atomic E-state index is 11.2. The van der Waals surface area contributed by atoms with Gasteiger partial charge in [-0.3, -0.25) is 9.69 Å². The van der Waals surface area contributed by atoms with E-state index in [-0.39, 0.29) is 0 Å². The fourth-order valence-corrected chi connectivity index (χ4v) is 2.87. The summed E-state index contributed by atoms with van der Waals surface area (Å²) in [5, 5.41) is 9.19. The predicted molar refractivity (Wildman–Crippen MR) is 73.4 cm³/mol. The van der Waals surface area contributed by atoms with Gasteiger partial charge in [0.05, 0.1) is 0 Å². The van der Waals surface area contributed by atoms with E-state index in [9.17, 15) is 9.90 Å². The van der Waals surface area contributed by atoms with Gasteiger partial charge >= 0.3 is 5.97 Å². The maximum Gasteiger partial charge on any atom is 0.323 e. The molecule has 1 rings (SSSR count). The molecule has 106 valence electrons. The molecule has 0 radical (unpaired) electrons. The van der Waals surface area contributed by atoms with E-state index in [1.54, 1.807) is 0 Å². The highest BCUT2D eigenvalue weighted by Crippen LogP contribution is 2.32. The van der Waals surface area contributed by atoms with Crippen molar-refractivity contribution >= 4 is 5.97 Å². The summed E-state index contributed by atoms with van der Waals surface area (Å²) < 4.78 is 0. The lowest BCUT2D eigenvalue weighted by atomic mass is 9.99. The van der Waals surface area contributed by atoms with Crippen LogP contribution in [-0.4, -0.2) is 40.6 Å². The van der Waals surface area contributed by atoms with E-state index >= 15 is 0 Å². The molecule has 0 heterocycles. The van der Waals surface area contributed by atoms with Crippen molar-refractivity contribution in [2.45, 2.75) is 58.5 Å². The van der Waals surface area contributed by atoms with Gasteiger partial charge in [-0.05, 0) is 31.1 Å². The zero-order valence-corrected chi connectivity index (χ0v) is 12.1. The number of nitrogens with zero attached hydrogens (tertiary/aromatic N) is 1. The molecule has 0 aliphatic heterocycles. The average Bonchev–Trinajstić information content (AvgIpc) is 2.60. The van der Waals surface area contributed by atoms with Gasteiger partial charge in [-0.15, -0.1) is 0 Å². The Morgan fingerprint density at radius 1 is 1.33 bits per heavy atom. The molecule has 0 aromatic heterocycles. The van der Waals surface area contributed by atoms with Crippen LogP contribution in [0.15, 0.2) is 0 Å². The Morgan fingerprint density at radius 3 is 2.17 bits per heavy atom. The fourth-order valence-electron chi connectivity index (χ4n) is 2.87. The molecule has 1 saturated carbocycles.